The van der Waals surface area contributed by atoms with Gasteiger partial charge in [-0.3, -0.25) is 4.99 Å². The fraction of sp³-hybridized carbons (Fsp3) is 0.389. The largest absolute Gasteiger partial charge is 0.390 e. The molecule has 1 fully saturated rings. The molecule has 1 unspecified atom stereocenters. The molecule has 7 nitrogen and oxygen atoms in total. The van der Waals surface area contributed by atoms with Gasteiger partial charge in [0.1, 0.15) is 4.21 Å². The molecule has 1 aromatic heterocycles. The lowest BCUT2D eigenvalue weighted by molar-refractivity contribution is 0.205. The van der Waals surface area contributed by atoms with Gasteiger partial charge in [-0.2, -0.15) is 0 Å². The zero-order valence-corrected chi connectivity index (χ0v) is 17.6. The number of rotatable bonds is 6. The van der Waals surface area contributed by atoms with Crippen molar-refractivity contribution in [3.63, 3.8) is 0 Å². The first-order chi connectivity index (χ1) is 13.3. The number of sulfone groups is 1. The van der Waals surface area contributed by atoms with E-state index in [2.05, 4.69) is 9.89 Å². The standard InChI is InChI=1S/C18H23ClN4O3S2/c19-14-3-5-15(6-4-14)22-7-9-23(10-8-22)18(20)21-12-16(24)13-28(25,26)17-2-1-11-27-17/h1-6,11,16,24H,7-10,12-13H2,(H2,20,21). The van der Waals surface area contributed by atoms with Crippen LogP contribution in [0.4, 0.5) is 5.69 Å². The third-order valence-corrected chi connectivity index (χ3v) is 8.01. The highest BCUT2D eigenvalue weighted by Gasteiger charge is 2.22. The molecule has 1 aliphatic rings. The molecule has 10 heteroatoms. The molecule has 28 heavy (non-hydrogen) atoms. The third kappa shape index (κ3) is 5.38. The zero-order chi connectivity index (χ0) is 20.1. The van der Waals surface area contributed by atoms with Crippen molar-refractivity contribution in [2.75, 3.05) is 43.4 Å². The quantitative estimate of drug-likeness (QED) is 0.521. The van der Waals surface area contributed by atoms with Crippen molar-refractivity contribution in [1.29, 1.82) is 0 Å². The topological polar surface area (TPSA) is 99.2 Å². The second-order valence-corrected chi connectivity index (χ2v) is 10.2. The van der Waals surface area contributed by atoms with Gasteiger partial charge in [-0.15, -0.1) is 11.3 Å². The number of nitrogens with zero attached hydrogens (tertiary/aromatic N) is 3. The van der Waals surface area contributed by atoms with Crippen LogP contribution in [0.3, 0.4) is 0 Å². The Morgan fingerprint density at radius 1 is 1.21 bits per heavy atom. The SMILES string of the molecule is NC(=NCC(O)CS(=O)(=O)c1cccs1)N1CCN(c2ccc(Cl)cc2)CC1. The van der Waals surface area contributed by atoms with Gasteiger partial charge in [0.2, 0.25) is 0 Å². The van der Waals surface area contributed by atoms with E-state index in [0.29, 0.717) is 24.1 Å². The van der Waals surface area contributed by atoms with E-state index in [-0.39, 0.29) is 16.5 Å². The van der Waals surface area contributed by atoms with Crippen molar-refractivity contribution in [3.05, 3.63) is 46.8 Å². The molecule has 2 aromatic rings. The smallest absolute Gasteiger partial charge is 0.191 e. The number of guanidine groups is 1. The Balaban J connectivity index is 1.50. The number of aliphatic hydroxyl groups excluding tert-OH is 1. The molecule has 2 heterocycles. The summed E-state index contributed by atoms with van der Waals surface area (Å²) in [6, 6.07) is 10.9. The summed E-state index contributed by atoms with van der Waals surface area (Å²) < 4.78 is 24.6. The van der Waals surface area contributed by atoms with Gasteiger partial charge in [0.25, 0.3) is 0 Å². The van der Waals surface area contributed by atoms with Crippen molar-refractivity contribution in [1.82, 2.24) is 4.90 Å². The maximum Gasteiger partial charge on any atom is 0.191 e. The normalized spacial score (nSPS) is 17.0. The molecule has 1 atom stereocenters. The highest BCUT2D eigenvalue weighted by Crippen LogP contribution is 2.20. The summed E-state index contributed by atoms with van der Waals surface area (Å²) in [5.74, 6) is -0.0439. The molecular weight excluding hydrogens is 420 g/mol. The molecule has 0 saturated carbocycles. The van der Waals surface area contributed by atoms with Crippen LogP contribution >= 0.6 is 22.9 Å². The van der Waals surface area contributed by atoms with Crippen molar-refractivity contribution in [3.8, 4) is 0 Å². The lowest BCUT2D eigenvalue weighted by Crippen LogP contribution is -2.51. The maximum absolute atomic E-state index is 12.2. The van der Waals surface area contributed by atoms with Crippen LogP contribution in [-0.2, 0) is 9.84 Å². The Morgan fingerprint density at radius 2 is 1.89 bits per heavy atom. The van der Waals surface area contributed by atoms with Crippen molar-refractivity contribution < 1.29 is 13.5 Å². The first kappa shape index (κ1) is 20.9. The van der Waals surface area contributed by atoms with E-state index in [9.17, 15) is 13.5 Å². The van der Waals surface area contributed by atoms with Crippen LogP contribution in [0.15, 0.2) is 51.0 Å². The highest BCUT2D eigenvalue weighted by molar-refractivity contribution is 7.93. The summed E-state index contributed by atoms with van der Waals surface area (Å²) in [4.78, 5) is 8.37. The first-order valence-corrected chi connectivity index (χ1v) is 11.8. The monoisotopic (exact) mass is 442 g/mol. The number of aliphatic hydroxyl groups is 1. The Hall–Kier alpha value is -1.81. The van der Waals surface area contributed by atoms with Crippen LogP contribution < -0.4 is 10.6 Å². The van der Waals surface area contributed by atoms with E-state index in [0.717, 1.165) is 30.1 Å². The molecule has 0 aliphatic carbocycles. The number of aliphatic imine (C=N–C) groups is 1. The summed E-state index contributed by atoms with van der Waals surface area (Å²) in [5, 5.41) is 12.5. The Labute approximate surface area is 174 Å². The molecular formula is C18H23ClN4O3S2. The van der Waals surface area contributed by atoms with Gasteiger partial charge in [0, 0.05) is 36.9 Å². The summed E-state index contributed by atoms with van der Waals surface area (Å²) in [7, 11) is -3.50. The lowest BCUT2D eigenvalue weighted by atomic mass is 10.2. The zero-order valence-electron chi connectivity index (χ0n) is 15.2. The van der Waals surface area contributed by atoms with E-state index >= 15 is 0 Å². The number of hydrogen-bond acceptors (Lipinski definition) is 6. The number of piperazine rings is 1. The molecule has 0 spiro atoms. The molecule has 3 rings (SSSR count). The summed E-state index contributed by atoms with van der Waals surface area (Å²) in [5.41, 5.74) is 7.15. The van der Waals surface area contributed by atoms with Gasteiger partial charge in [0.05, 0.1) is 18.4 Å². The van der Waals surface area contributed by atoms with Gasteiger partial charge in [-0.25, -0.2) is 8.42 Å². The highest BCUT2D eigenvalue weighted by atomic mass is 35.5. The van der Waals surface area contributed by atoms with Crippen LogP contribution in [0.1, 0.15) is 0 Å². The molecule has 1 saturated heterocycles. The van der Waals surface area contributed by atoms with Crippen LogP contribution in [0, 0.1) is 0 Å². The number of nitrogens with two attached hydrogens (primary N) is 1. The van der Waals surface area contributed by atoms with E-state index in [1.54, 1.807) is 11.4 Å². The van der Waals surface area contributed by atoms with Crippen LogP contribution in [0.2, 0.25) is 5.02 Å². The van der Waals surface area contributed by atoms with E-state index < -0.39 is 15.9 Å². The van der Waals surface area contributed by atoms with Gasteiger partial charge < -0.3 is 20.6 Å². The summed E-state index contributed by atoms with van der Waals surface area (Å²) in [6.45, 7) is 2.91. The van der Waals surface area contributed by atoms with Crippen LogP contribution in [0.25, 0.3) is 0 Å². The average molecular weight is 443 g/mol. The number of halogens is 1. The van der Waals surface area contributed by atoms with Crippen LogP contribution in [0.5, 0.6) is 0 Å². The minimum absolute atomic E-state index is 0.0478. The Morgan fingerprint density at radius 3 is 2.50 bits per heavy atom. The Bertz CT molecular complexity index is 893. The molecule has 0 radical (unpaired) electrons. The lowest BCUT2D eigenvalue weighted by Gasteiger charge is -2.36. The minimum atomic E-state index is -3.50. The predicted molar refractivity (Wildman–Crippen MR) is 114 cm³/mol. The number of hydrogen-bond donors (Lipinski definition) is 2. The van der Waals surface area contributed by atoms with Crippen molar-refractivity contribution in [2.45, 2.75) is 10.3 Å². The van der Waals surface area contributed by atoms with E-state index in [1.165, 1.54) is 6.07 Å². The molecule has 1 aliphatic heterocycles. The maximum atomic E-state index is 12.2. The molecule has 152 valence electrons. The van der Waals surface area contributed by atoms with Gasteiger partial charge >= 0.3 is 0 Å². The Kier molecular flexibility index (Phi) is 6.82. The van der Waals surface area contributed by atoms with Gasteiger partial charge in [-0.1, -0.05) is 17.7 Å². The third-order valence-electron chi connectivity index (χ3n) is 4.47. The average Bonchev–Trinajstić information content (AvgIpc) is 3.22. The molecule has 0 bridgehead atoms. The number of anilines is 1. The molecule has 1 aromatic carbocycles. The fourth-order valence-electron chi connectivity index (χ4n) is 2.97. The molecule has 3 N–H and O–H groups in total. The van der Waals surface area contributed by atoms with Crippen molar-refractivity contribution >= 4 is 44.4 Å². The first-order valence-electron chi connectivity index (χ1n) is 8.85. The van der Waals surface area contributed by atoms with Gasteiger partial charge in [-0.05, 0) is 35.7 Å². The predicted octanol–water partition coefficient (Wildman–Crippen LogP) is 1.67. The number of benzene rings is 1. The van der Waals surface area contributed by atoms with Crippen LogP contribution in [-0.4, -0.2) is 69.0 Å². The van der Waals surface area contributed by atoms with E-state index in [1.807, 2.05) is 29.2 Å². The summed E-state index contributed by atoms with van der Waals surface area (Å²) in [6.07, 6.45) is -1.10. The summed E-state index contributed by atoms with van der Waals surface area (Å²) >= 11 is 7.07. The van der Waals surface area contributed by atoms with E-state index in [4.69, 9.17) is 17.3 Å². The second kappa shape index (κ2) is 9.13. The number of thiophene rings is 1. The molecule has 0 amide bonds. The van der Waals surface area contributed by atoms with Gasteiger partial charge in [0.15, 0.2) is 15.8 Å². The minimum Gasteiger partial charge on any atom is -0.390 e. The fourth-order valence-corrected chi connectivity index (χ4v) is 5.57. The van der Waals surface area contributed by atoms with Crippen molar-refractivity contribution in [2.24, 2.45) is 10.7 Å². The second-order valence-electron chi connectivity index (χ2n) is 6.52.